The summed E-state index contributed by atoms with van der Waals surface area (Å²) in [6.07, 6.45) is 7.41. The second-order valence-corrected chi connectivity index (χ2v) is 14.3. The number of hydrogen-bond acceptors (Lipinski definition) is 8. The fourth-order valence-corrected chi connectivity index (χ4v) is 8.28. The van der Waals surface area contributed by atoms with Crippen LogP contribution in [0.2, 0.25) is 0 Å². The molecule has 14 heteroatoms. The first-order chi connectivity index (χ1) is 24.4. The van der Waals surface area contributed by atoms with E-state index in [0.29, 0.717) is 67.2 Å². The van der Waals surface area contributed by atoms with Gasteiger partial charge in [-0.05, 0) is 74.4 Å². The number of carbonyl (C=O) groups is 3. The van der Waals surface area contributed by atoms with E-state index in [4.69, 9.17) is 9.47 Å². The van der Waals surface area contributed by atoms with Crippen LogP contribution in [0.15, 0.2) is 36.4 Å². The summed E-state index contributed by atoms with van der Waals surface area (Å²) in [4.78, 5) is 36.0. The molecule has 0 saturated carbocycles. The van der Waals surface area contributed by atoms with Crippen LogP contribution in [0.3, 0.4) is 0 Å². The number of carbonyl (C=O) groups excluding carboxylic acids is 3. The molecule has 3 unspecified atom stereocenters. The first-order valence-electron chi connectivity index (χ1n) is 17.5. The van der Waals surface area contributed by atoms with Gasteiger partial charge in [-0.1, -0.05) is 12.5 Å². The molecule has 2 fully saturated rings. The summed E-state index contributed by atoms with van der Waals surface area (Å²) < 4.78 is 25.4. The van der Waals surface area contributed by atoms with E-state index in [0.717, 1.165) is 73.1 Å². The highest BCUT2D eigenvalue weighted by molar-refractivity contribution is 8.00. The maximum Gasteiger partial charge on any atom is 0.315 e. The molecule has 1 aromatic heterocycles. The number of nitrogens with one attached hydrogen (secondary N) is 6. The molecule has 50 heavy (non-hydrogen) atoms. The predicted octanol–water partition coefficient (Wildman–Crippen LogP) is 5.16. The van der Waals surface area contributed by atoms with Crippen molar-refractivity contribution in [1.29, 1.82) is 0 Å². The van der Waals surface area contributed by atoms with Gasteiger partial charge >= 0.3 is 6.03 Å². The number of aromatic amines is 1. The molecule has 1 aliphatic carbocycles. The Morgan fingerprint density at radius 1 is 0.980 bits per heavy atom. The van der Waals surface area contributed by atoms with E-state index in [-0.39, 0.29) is 35.7 Å². The van der Waals surface area contributed by atoms with Gasteiger partial charge in [-0.2, -0.15) is 16.9 Å². The number of methoxy groups -OCH3 is 1. The standard InChI is InChI=1S/C36H46FN7O5S/c1-48-28-18-22-17-26-33(43-44-35(26)40-24-10-8-9-23(37)19-24)25(22)20-29(28)49-16-7-6-15-39-32(46)13-4-5-14-38-31(45)12-3-2-11-30-34-27(21-50-30)41-36(47)42-34/h8-10,18-20,27,30,34H,2-7,11-17,21H2,1H3,(H,38,45)(H,39,46)(H2,40,43,44)(H2,41,42,47). The van der Waals surface area contributed by atoms with Gasteiger partial charge in [-0.3, -0.25) is 14.7 Å². The number of amides is 4. The third-order valence-electron chi connectivity index (χ3n) is 9.36. The lowest BCUT2D eigenvalue weighted by Gasteiger charge is -2.16. The molecular weight excluding hydrogens is 662 g/mol. The van der Waals surface area contributed by atoms with Crippen LogP contribution in [0.4, 0.5) is 20.7 Å². The van der Waals surface area contributed by atoms with Crippen LogP contribution in [0.5, 0.6) is 11.5 Å². The molecule has 2 aliphatic heterocycles. The molecule has 3 heterocycles. The minimum Gasteiger partial charge on any atom is -0.493 e. The Hall–Kier alpha value is -4.46. The molecule has 6 rings (SSSR count). The molecule has 2 saturated heterocycles. The van der Waals surface area contributed by atoms with Gasteiger partial charge in [0, 0.05) is 60.2 Å². The average molecular weight is 708 g/mol. The quantitative estimate of drug-likeness (QED) is 0.0577. The summed E-state index contributed by atoms with van der Waals surface area (Å²) in [7, 11) is 1.62. The number of anilines is 2. The first kappa shape index (κ1) is 35.4. The number of hydrogen-bond donors (Lipinski definition) is 6. The van der Waals surface area contributed by atoms with Crippen LogP contribution in [0.25, 0.3) is 11.3 Å². The molecule has 6 N–H and O–H groups in total. The summed E-state index contributed by atoms with van der Waals surface area (Å²) in [5, 5.41) is 23.1. The topological polar surface area (TPSA) is 158 Å². The fourth-order valence-electron chi connectivity index (χ4n) is 6.74. The molecule has 3 aromatic rings. The minimum atomic E-state index is -0.315. The summed E-state index contributed by atoms with van der Waals surface area (Å²) >= 11 is 1.90. The Bertz CT molecular complexity index is 1670. The molecule has 0 radical (unpaired) electrons. The second kappa shape index (κ2) is 17.0. The predicted molar refractivity (Wildman–Crippen MR) is 192 cm³/mol. The van der Waals surface area contributed by atoms with Crippen LogP contribution in [-0.4, -0.2) is 77.9 Å². The molecule has 3 aliphatic rings. The zero-order valence-electron chi connectivity index (χ0n) is 28.4. The third-order valence-corrected chi connectivity index (χ3v) is 10.9. The Labute approximate surface area is 295 Å². The van der Waals surface area contributed by atoms with Crippen molar-refractivity contribution >= 4 is 41.1 Å². The largest absolute Gasteiger partial charge is 0.493 e. The van der Waals surface area contributed by atoms with Crippen molar-refractivity contribution in [3.05, 3.63) is 53.3 Å². The maximum atomic E-state index is 13.7. The highest BCUT2D eigenvalue weighted by Crippen LogP contribution is 2.44. The number of aromatic nitrogens is 2. The summed E-state index contributed by atoms with van der Waals surface area (Å²) in [6.45, 7) is 1.62. The third kappa shape index (κ3) is 9.01. The number of nitrogens with zero attached hydrogens (tertiary/aromatic N) is 1. The normalized spacial score (nSPS) is 18.4. The van der Waals surface area contributed by atoms with E-state index in [1.807, 2.05) is 23.9 Å². The van der Waals surface area contributed by atoms with E-state index in [9.17, 15) is 18.8 Å². The van der Waals surface area contributed by atoms with E-state index < -0.39 is 0 Å². The van der Waals surface area contributed by atoms with Crippen molar-refractivity contribution < 1.29 is 28.2 Å². The Morgan fingerprint density at radius 3 is 2.54 bits per heavy atom. The number of urea groups is 1. The smallest absolute Gasteiger partial charge is 0.315 e. The SMILES string of the molecule is COc1cc2c(cc1OCCCCNC(=O)CCCCNC(=O)CCCCC1SCC3NC(=O)NC31)-c1[nH]nc(Nc3cccc(F)c3)c1C2. The van der Waals surface area contributed by atoms with Crippen molar-refractivity contribution in [2.75, 3.05) is 37.9 Å². The van der Waals surface area contributed by atoms with Gasteiger partial charge in [0.1, 0.15) is 5.82 Å². The van der Waals surface area contributed by atoms with Crippen molar-refractivity contribution in [2.24, 2.45) is 0 Å². The van der Waals surface area contributed by atoms with E-state index >= 15 is 0 Å². The number of halogens is 1. The number of fused-ring (bicyclic) bond motifs is 4. The fraction of sp³-hybridized carbons (Fsp3) is 0.500. The number of benzene rings is 2. The Morgan fingerprint density at radius 2 is 1.76 bits per heavy atom. The van der Waals surface area contributed by atoms with Crippen molar-refractivity contribution in [3.63, 3.8) is 0 Å². The van der Waals surface area contributed by atoms with Crippen molar-refractivity contribution in [3.8, 4) is 22.8 Å². The zero-order valence-corrected chi connectivity index (χ0v) is 29.2. The number of unbranched alkanes of at least 4 members (excludes halogenated alkanes) is 3. The second-order valence-electron chi connectivity index (χ2n) is 13.0. The van der Waals surface area contributed by atoms with Crippen LogP contribution >= 0.6 is 11.8 Å². The molecule has 12 nitrogen and oxygen atoms in total. The average Bonchev–Trinajstić information content (AvgIpc) is 3.86. The lowest BCUT2D eigenvalue weighted by Crippen LogP contribution is -2.36. The van der Waals surface area contributed by atoms with Gasteiger partial charge in [0.2, 0.25) is 11.8 Å². The van der Waals surface area contributed by atoms with E-state index in [2.05, 4.69) is 36.8 Å². The molecular formula is C36H46FN7O5S. The van der Waals surface area contributed by atoms with Crippen LogP contribution in [0.1, 0.15) is 68.9 Å². The van der Waals surface area contributed by atoms with Gasteiger partial charge in [-0.15, -0.1) is 0 Å². The number of thioether (sulfide) groups is 1. The summed E-state index contributed by atoms with van der Waals surface area (Å²) in [5.74, 6) is 2.66. The zero-order chi connectivity index (χ0) is 34.9. The lowest BCUT2D eigenvalue weighted by molar-refractivity contribution is -0.121. The van der Waals surface area contributed by atoms with Gasteiger partial charge < -0.3 is 36.1 Å². The Balaban J connectivity index is 0.811. The Kier molecular flexibility index (Phi) is 12.0. The lowest BCUT2D eigenvalue weighted by atomic mass is 10.0. The number of H-pyrrole nitrogens is 1. The molecule has 0 bridgehead atoms. The molecule has 4 amide bonds. The van der Waals surface area contributed by atoms with Gasteiger partial charge in [0.15, 0.2) is 17.3 Å². The van der Waals surface area contributed by atoms with Crippen molar-refractivity contribution in [2.45, 2.75) is 81.5 Å². The van der Waals surface area contributed by atoms with Gasteiger partial charge in [0.05, 0.1) is 31.5 Å². The van der Waals surface area contributed by atoms with Gasteiger partial charge in [-0.25, -0.2) is 9.18 Å². The monoisotopic (exact) mass is 707 g/mol. The summed E-state index contributed by atoms with van der Waals surface area (Å²) in [6, 6.07) is 10.6. The maximum absolute atomic E-state index is 13.7. The highest BCUT2D eigenvalue weighted by atomic mass is 32.2. The van der Waals surface area contributed by atoms with E-state index in [1.165, 1.54) is 12.1 Å². The molecule has 2 aromatic carbocycles. The molecule has 3 atom stereocenters. The van der Waals surface area contributed by atoms with Crippen molar-refractivity contribution in [1.82, 2.24) is 31.5 Å². The van der Waals surface area contributed by atoms with Crippen LogP contribution in [-0.2, 0) is 16.0 Å². The van der Waals surface area contributed by atoms with Crippen LogP contribution < -0.4 is 36.1 Å². The molecule has 268 valence electrons. The number of rotatable bonds is 19. The number of ether oxygens (including phenoxy) is 2. The molecule has 0 spiro atoms. The summed E-state index contributed by atoms with van der Waals surface area (Å²) in [5.41, 5.74) is 4.62. The van der Waals surface area contributed by atoms with E-state index in [1.54, 1.807) is 19.2 Å². The highest BCUT2D eigenvalue weighted by Gasteiger charge is 2.42. The first-order valence-corrected chi connectivity index (χ1v) is 18.6. The van der Waals surface area contributed by atoms with Gasteiger partial charge in [0.25, 0.3) is 0 Å². The van der Waals surface area contributed by atoms with Crippen LogP contribution in [0, 0.1) is 5.82 Å². The minimum absolute atomic E-state index is 0.0137.